The molecule has 8 heavy (non-hydrogen) atoms. The number of rotatable bonds is 5. The third-order valence-corrected chi connectivity index (χ3v) is 0.350. The predicted octanol–water partition coefficient (Wildman–Crippen LogP) is 0.333. The van der Waals surface area contributed by atoms with Crippen LogP contribution in [0.3, 0.4) is 0 Å². The Bertz CT molecular complexity index is 32.7. The molecule has 0 radical (unpaired) electrons. The molecular weight excluding hydrogens is 116 g/mol. The van der Waals surface area contributed by atoms with E-state index in [-0.39, 0.29) is 6.79 Å². The van der Waals surface area contributed by atoms with E-state index in [1.165, 1.54) is 0 Å². The molecule has 0 saturated heterocycles. The molecule has 0 unspecified atom stereocenters. The molecule has 0 heterocycles. The molecule has 5 heteroatoms. The number of hydrogen-bond acceptors (Lipinski definition) is 5. The highest BCUT2D eigenvalue weighted by Crippen LogP contribution is 1.78. The van der Waals surface area contributed by atoms with E-state index in [4.69, 9.17) is 5.26 Å². The van der Waals surface area contributed by atoms with Crippen LogP contribution in [0.25, 0.3) is 0 Å². The van der Waals surface area contributed by atoms with E-state index in [1.807, 2.05) is 0 Å². The first-order valence-corrected chi connectivity index (χ1v) is 2.09. The van der Waals surface area contributed by atoms with Crippen LogP contribution in [-0.2, 0) is 19.7 Å². The second-order valence-electron chi connectivity index (χ2n) is 0.835. The molecule has 0 spiro atoms. The van der Waals surface area contributed by atoms with Gasteiger partial charge in [0.25, 0.3) is 0 Å². The van der Waals surface area contributed by atoms with Gasteiger partial charge in [-0.3, -0.25) is 0 Å². The summed E-state index contributed by atoms with van der Waals surface area (Å²) in [5.41, 5.74) is 0. The molecular formula is C3H8O5. The van der Waals surface area contributed by atoms with Crippen molar-refractivity contribution >= 4 is 0 Å². The zero-order valence-electron chi connectivity index (χ0n) is 4.49. The molecule has 0 aliphatic rings. The molecule has 5 nitrogen and oxygen atoms in total. The Morgan fingerprint density at radius 2 is 2.00 bits per heavy atom. The Morgan fingerprint density at radius 3 is 2.50 bits per heavy atom. The average molecular weight is 124 g/mol. The molecule has 0 aromatic carbocycles. The monoisotopic (exact) mass is 124 g/mol. The zero-order chi connectivity index (χ0) is 6.24. The average Bonchev–Trinajstić information content (AvgIpc) is 1.81. The maximum atomic E-state index is 7.51. The summed E-state index contributed by atoms with van der Waals surface area (Å²) in [6.07, 6.45) is 0. The van der Waals surface area contributed by atoms with Crippen molar-refractivity contribution in [2.45, 2.75) is 6.92 Å². The fraction of sp³-hybridized carbons (Fsp3) is 1.00. The lowest BCUT2D eigenvalue weighted by Gasteiger charge is -1.96. The van der Waals surface area contributed by atoms with Gasteiger partial charge < -0.3 is 0 Å². The van der Waals surface area contributed by atoms with Crippen LogP contribution in [-0.4, -0.2) is 18.7 Å². The molecule has 50 valence electrons. The van der Waals surface area contributed by atoms with Gasteiger partial charge in [0.15, 0.2) is 0 Å². The molecule has 0 aromatic heterocycles. The topological polar surface area (TPSA) is 57.2 Å². The summed E-state index contributed by atoms with van der Waals surface area (Å²) in [5, 5.41) is 10.7. The summed E-state index contributed by atoms with van der Waals surface area (Å²) in [6.45, 7) is 1.93. The first kappa shape index (κ1) is 7.80. The van der Waals surface area contributed by atoms with Gasteiger partial charge in [-0.05, 0) is 6.92 Å². The summed E-state index contributed by atoms with van der Waals surface area (Å²) in [5.74, 6) is 0. The molecule has 0 aromatic rings. The fourth-order valence-electron chi connectivity index (χ4n) is 0.159. The maximum absolute atomic E-state index is 7.51. The fourth-order valence-corrected chi connectivity index (χ4v) is 0.159. The van der Waals surface area contributed by atoms with Gasteiger partial charge >= 0.3 is 0 Å². The molecule has 0 aliphatic carbocycles. The Balaban J connectivity index is 2.53. The Labute approximate surface area is 46.5 Å². The minimum atomic E-state index is -0.246. The van der Waals surface area contributed by atoms with Gasteiger partial charge in [0.2, 0.25) is 6.79 Å². The molecule has 0 amide bonds. The molecule has 0 rings (SSSR count). The maximum Gasteiger partial charge on any atom is 0.217 e. The zero-order valence-corrected chi connectivity index (χ0v) is 4.49. The highest BCUT2D eigenvalue weighted by atomic mass is 17.5. The highest BCUT2D eigenvalue weighted by molar-refractivity contribution is 3.92. The minimum Gasteiger partial charge on any atom is -0.235 e. The van der Waals surface area contributed by atoms with Crippen LogP contribution in [0.15, 0.2) is 0 Å². The Hall–Kier alpha value is -0.200. The van der Waals surface area contributed by atoms with Gasteiger partial charge in [-0.2, -0.15) is 4.89 Å². The van der Waals surface area contributed by atoms with Crippen molar-refractivity contribution in [2.75, 3.05) is 13.4 Å². The lowest BCUT2D eigenvalue weighted by atomic mass is 10.9. The lowest BCUT2D eigenvalue weighted by Crippen LogP contribution is -1.99. The molecule has 1 N–H and O–H groups in total. The van der Waals surface area contributed by atoms with Gasteiger partial charge in [0.05, 0.1) is 6.61 Å². The van der Waals surface area contributed by atoms with Crippen molar-refractivity contribution in [1.82, 2.24) is 0 Å². The standard InChI is InChI=1S/C3H8O5/c1-2-5-6-3-7-8-4/h4H,2-3H2,1H3. The first-order chi connectivity index (χ1) is 3.91. The third kappa shape index (κ3) is 5.80. The van der Waals surface area contributed by atoms with Gasteiger partial charge in [-0.1, -0.05) is 5.04 Å². The van der Waals surface area contributed by atoms with Crippen LogP contribution >= 0.6 is 0 Å². The highest BCUT2D eigenvalue weighted by Gasteiger charge is 1.83. The van der Waals surface area contributed by atoms with Crippen molar-refractivity contribution < 1.29 is 25.0 Å². The van der Waals surface area contributed by atoms with E-state index >= 15 is 0 Å². The van der Waals surface area contributed by atoms with E-state index in [1.54, 1.807) is 6.92 Å². The van der Waals surface area contributed by atoms with Gasteiger partial charge in [-0.25, -0.2) is 15.0 Å². The Morgan fingerprint density at radius 1 is 1.25 bits per heavy atom. The van der Waals surface area contributed by atoms with Gasteiger partial charge in [0.1, 0.15) is 0 Å². The minimum absolute atomic E-state index is 0.246. The third-order valence-electron chi connectivity index (χ3n) is 0.350. The van der Waals surface area contributed by atoms with Crippen LogP contribution in [0.2, 0.25) is 0 Å². The van der Waals surface area contributed by atoms with Crippen LogP contribution < -0.4 is 0 Å². The second kappa shape index (κ2) is 6.80. The van der Waals surface area contributed by atoms with Crippen molar-refractivity contribution in [3.8, 4) is 0 Å². The van der Waals surface area contributed by atoms with Gasteiger partial charge in [-0.15, -0.1) is 0 Å². The van der Waals surface area contributed by atoms with Crippen molar-refractivity contribution in [2.24, 2.45) is 0 Å². The molecule has 0 atom stereocenters. The number of hydrogen-bond donors (Lipinski definition) is 1. The summed E-state index contributed by atoms with van der Waals surface area (Å²) in [6, 6.07) is 0. The van der Waals surface area contributed by atoms with Crippen molar-refractivity contribution in [1.29, 1.82) is 0 Å². The van der Waals surface area contributed by atoms with Crippen molar-refractivity contribution in [3.63, 3.8) is 0 Å². The van der Waals surface area contributed by atoms with Crippen LogP contribution in [0.5, 0.6) is 0 Å². The van der Waals surface area contributed by atoms with Gasteiger partial charge in [0, 0.05) is 0 Å². The van der Waals surface area contributed by atoms with Crippen LogP contribution in [0.1, 0.15) is 6.92 Å². The van der Waals surface area contributed by atoms with E-state index in [2.05, 4.69) is 19.7 Å². The summed E-state index contributed by atoms with van der Waals surface area (Å²) >= 11 is 0. The van der Waals surface area contributed by atoms with E-state index < -0.39 is 0 Å². The van der Waals surface area contributed by atoms with Crippen LogP contribution in [0.4, 0.5) is 0 Å². The summed E-state index contributed by atoms with van der Waals surface area (Å²) in [7, 11) is 0. The van der Waals surface area contributed by atoms with Crippen molar-refractivity contribution in [3.05, 3.63) is 0 Å². The van der Waals surface area contributed by atoms with Crippen LogP contribution in [0, 0.1) is 0 Å². The molecule has 0 fully saturated rings. The summed E-state index contributed by atoms with van der Waals surface area (Å²) < 4.78 is 0. The van der Waals surface area contributed by atoms with E-state index in [9.17, 15) is 0 Å². The molecule has 0 aliphatic heterocycles. The first-order valence-electron chi connectivity index (χ1n) is 2.09. The normalized spacial score (nSPS) is 9.75. The predicted molar refractivity (Wildman–Crippen MR) is 22.4 cm³/mol. The SMILES string of the molecule is CCOOCOOO. The summed E-state index contributed by atoms with van der Waals surface area (Å²) in [4.78, 5) is 12.4. The smallest absolute Gasteiger partial charge is 0.217 e. The van der Waals surface area contributed by atoms with E-state index in [0.717, 1.165) is 0 Å². The second-order valence-corrected chi connectivity index (χ2v) is 0.835. The molecule has 0 saturated carbocycles. The quantitative estimate of drug-likeness (QED) is 0.248. The van der Waals surface area contributed by atoms with E-state index in [0.29, 0.717) is 6.61 Å². The largest absolute Gasteiger partial charge is 0.235 e. The molecule has 0 bridgehead atoms. The Kier molecular flexibility index (Phi) is 6.63. The lowest BCUT2D eigenvalue weighted by molar-refractivity contribution is -0.531.